The Balaban J connectivity index is 1.34. The van der Waals surface area contributed by atoms with Crippen LogP contribution in [0, 0.1) is 0 Å². The summed E-state index contributed by atoms with van der Waals surface area (Å²) in [6.45, 7) is 5.46. The maximum absolute atomic E-state index is 12.8. The molecule has 0 atom stereocenters. The molecule has 0 aliphatic carbocycles. The molecule has 1 fully saturated rings. The molecule has 3 heterocycles. The first-order valence-corrected chi connectivity index (χ1v) is 10.5. The van der Waals surface area contributed by atoms with E-state index in [4.69, 9.17) is 4.74 Å². The summed E-state index contributed by atoms with van der Waals surface area (Å²) in [7, 11) is 0. The zero-order chi connectivity index (χ0) is 20.1. The third-order valence-electron chi connectivity index (χ3n) is 4.68. The first kappa shape index (κ1) is 19.2. The Morgan fingerprint density at radius 3 is 2.62 bits per heavy atom. The van der Waals surface area contributed by atoms with Crippen LogP contribution in [0.2, 0.25) is 0 Å². The number of thiazole rings is 1. The highest BCUT2D eigenvalue weighted by molar-refractivity contribution is 7.14. The fourth-order valence-corrected chi connectivity index (χ4v) is 3.90. The molecule has 1 aromatic carbocycles. The van der Waals surface area contributed by atoms with Gasteiger partial charge in [0.15, 0.2) is 5.13 Å². The minimum absolute atomic E-state index is 0.0262. The van der Waals surface area contributed by atoms with Crippen molar-refractivity contribution in [3.05, 3.63) is 59.7 Å². The SMILES string of the molecule is CCOc1ccc(Nc2nc(C(=O)N3CCN(c4ccccn4)CC3)cs2)cc1. The Bertz CT molecular complexity index is 937. The molecule has 1 aliphatic heterocycles. The van der Waals surface area contributed by atoms with Crippen LogP contribution >= 0.6 is 11.3 Å². The highest BCUT2D eigenvalue weighted by Gasteiger charge is 2.24. The molecule has 29 heavy (non-hydrogen) atoms. The van der Waals surface area contributed by atoms with Crippen LogP contribution in [0.5, 0.6) is 5.75 Å². The number of benzene rings is 1. The van der Waals surface area contributed by atoms with Crippen molar-refractivity contribution in [1.82, 2.24) is 14.9 Å². The second-order valence-electron chi connectivity index (χ2n) is 6.59. The number of pyridine rings is 1. The van der Waals surface area contributed by atoms with E-state index in [0.717, 1.165) is 30.3 Å². The first-order chi connectivity index (χ1) is 14.2. The first-order valence-electron chi connectivity index (χ1n) is 9.63. The number of nitrogens with one attached hydrogen (secondary N) is 1. The smallest absolute Gasteiger partial charge is 0.273 e. The summed E-state index contributed by atoms with van der Waals surface area (Å²) in [4.78, 5) is 25.7. The summed E-state index contributed by atoms with van der Waals surface area (Å²) in [5, 5.41) is 5.75. The average molecular weight is 410 g/mol. The van der Waals surface area contributed by atoms with Gasteiger partial charge in [-0.05, 0) is 43.3 Å². The fourth-order valence-electron chi connectivity index (χ4n) is 3.20. The van der Waals surface area contributed by atoms with Gasteiger partial charge in [0.2, 0.25) is 0 Å². The number of anilines is 3. The van der Waals surface area contributed by atoms with Crippen molar-refractivity contribution >= 4 is 33.9 Å². The molecule has 1 amide bonds. The maximum atomic E-state index is 12.8. The zero-order valence-corrected chi connectivity index (χ0v) is 17.1. The molecule has 4 rings (SSSR count). The molecule has 150 valence electrons. The predicted molar refractivity (Wildman–Crippen MR) is 115 cm³/mol. The third kappa shape index (κ3) is 4.65. The van der Waals surface area contributed by atoms with E-state index in [-0.39, 0.29) is 5.91 Å². The van der Waals surface area contributed by atoms with Crippen molar-refractivity contribution in [2.24, 2.45) is 0 Å². The van der Waals surface area contributed by atoms with E-state index in [1.165, 1.54) is 11.3 Å². The quantitative estimate of drug-likeness (QED) is 0.670. The predicted octanol–water partition coefficient (Wildman–Crippen LogP) is 3.64. The summed E-state index contributed by atoms with van der Waals surface area (Å²) in [5.74, 6) is 1.76. The normalized spacial score (nSPS) is 14.0. The van der Waals surface area contributed by atoms with Crippen LogP contribution in [0.15, 0.2) is 54.0 Å². The number of hydrogen-bond donors (Lipinski definition) is 1. The van der Waals surface area contributed by atoms with Gasteiger partial charge >= 0.3 is 0 Å². The molecule has 3 aromatic rings. The van der Waals surface area contributed by atoms with Crippen LogP contribution in [0.3, 0.4) is 0 Å². The Kier molecular flexibility index (Phi) is 5.90. The van der Waals surface area contributed by atoms with Gasteiger partial charge in [0.1, 0.15) is 17.3 Å². The van der Waals surface area contributed by atoms with E-state index < -0.39 is 0 Å². The Labute approximate surface area is 174 Å². The highest BCUT2D eigenvalue weighted by atomic mass is 32.1. The lowest BCUT2D eigenvalue weighted by molar-refractivity contribution is 0.0741. The van der Waals surface area contributed by atoms with Crippen molar-refractivity contribution in [2.75, 3.05) is 43.0 Å². The second-order valence-corrected chi connectivity index (χ2v) is 7.45. The number of rotatable bonds is 6. The largest absolute Gasteiger partial charge is 0.494 e. The molecule has 2 aromatic heterocycles. The Morgan fingerprint density at radius 2 is 1.93 bits per heavy atom. The van der Waals surface area contributed by atoms with Gasteiger partial charge in [0.25, 0.3) is 5.91 Å². The van der Waals surface area contributed by atoms with Crippen LogP contribution < -0.4 is 15.0 Å². The number of nitrogens with zero attached hydrogens (tertiary/aromatic N) is 4. The van der Waals surface area contributed by atoms with Crippen LogP contribution in [0.4, 0.5) is 16.6 Å². The van der Waals surface area contributed by atoms with Gasteiger partial charge in [-0.25, -0.2) is 9.97 Å². The van der Waals surface area contributed by atoms with Gasteiger partial charge in [-0.3, -0.25) is 4.79 Å². The number of ether oxygens (including phenoxy) is 1. The Hall–Kier alpha value is -3.13. The molecule has 0 saturated carbocycles. The number of carbonyl (C=O) groups excluding carboxylic acids is 1. The van der Waals surface area contributed by atoms with Gasteiger partial charge in [-0.1, -0.05) is 6.07 Å². The van der Waals surface area contributed by atoms with Crippen molar-refractivity contribution < 1.29 is 9.53 Å². The minimum Gasteiger partial charge on any atom is -0.494 e. The third-order valence-corrected chi connectivity index (χ3v) is 5.44. The molecule has 0 unspecified atom stereocenters. The number of piperazine rings is 1. The van der Waals surface area contributed by atoms with Crippen LogP contribution in [0.25, 0.3) is 0 Å². The average Bonchev–Trinajstić information content (AvgIpc) is 3.24. The van der Waals surface area contributed by atoms with Gasteiger partial charge in [0.05, 0.1) is 6.61 Å². The van der Waals surface area contributed by atoms with Crippen LogP contribution in [-0.4, -0.2) is 53.6 Å². The summed E-state index contributed by atoms with van der Waals surface area (Å²) in [6.07, 6.45) is 1.79. The minimum atomic E-state index is -0.0262. The van der Waals surface area contributed by atoms with E-state index in [0.29, 0.717) is 30.5 Å². The molecule has 8 heteroatoms. The lowest BCUT2D eigenvalue weighted by atomic mass is 10.3. The van der Waals surface area contributed by atoms with Crippen LogP contribution in [0.1, 0.15) is 17.4 Å². The standard InChI is InChI=1S/C21H23N5O2S/c1-2-28-17-8-6-16(7-9-17)23-21-24-18(15-29-21)20(27)26-13-11-25(12-14-26)19-5-3-4-10-22-19/h3-10,15H,2,11-14H2,1H3,(H,23,24). The van der Waals surface area contributed by atoms with Gasteiger partial charge in [0, 0.05) is 43.4 Å². The lowest BCUT2D eigenvalue weighted by Crippen LogP contribution is -2.49. The summed E-state index contributed by atoms with van der Waals surface area (Å²) in [6, 6.07) is 13.6. The molecule has 1 N–H and O–H groups in total. The molecular formula is C21H23N5O2S. The number of aromatic nitrogens is 2. The summed E-state index contributed by atoms with van der Waals surface area (Å²) < 4.78 is 5.45. The van der Waals surface area contributed by atoms with Crippen molar-refractivity contribution in [2.45, 2.75) is 6.92 Å². The molecular weight excluding hydrogens is 386 g/mol. The van der Waals surface area contributed by atoms with E-state index in [1.807, 2.05) is 59.7 Å². The monoisotopic (exact) mass is 409 g/mol. The second kappa shape index (κ2) is 8.91. The number of carbonyl (C=O) groups is 1. The molecule has 7 nitrogen and oxygen atoms in total. The highest BCUT2D eigenvalue weighted by Crippen LogP contribution is 2.24. The lowest BCUT2D eigenvalue weighted by Gasteiger charge is -2.35. The summed E-state index contributed by atoms with van der Waals surface area (Å²) >= 11 is 1.43. The molecule has 1 saturated heterocycles. The molecule has 0 spiro atoms. The molecule has 1 aliphatic rings. The topological polar surface area (TPSA) is 70.6 Å². The number of hydrogen-bond acceptors (Lipinski definition) is 7. The molecule has 0 radical (unpaired) electrons. The van der Waals surface area contributed by atoms with Crippen LogP contribution in [-0.2, 0) is 0 Å². The molecule has 0 bridgehead atoms. The van der Waals surface area contributed by atoms with E-state index in [9.17, 15) is 4.79 Å². The van der Waals surface area contributed by atoms with E-state index >= 15 is 0 Å². The number of amides is 1. The van der Waals surface area contributed by atoms with Crippen molar-refractivity contribution in [1.29, 1.82) is 0 Å². The van der Waals surface area contributed by atoms with Crippen molar-refractivity contribution in [3.8, 4) is 5.75 Å². The maximum Gasteiger partial charge on any atom is 0.273 e. The van der Waals surface area contributed by atoms with E-state index in [2.05, 4.69) is 20.2 Å². The van der Waals surface area contributed by atoms with Gasteiger partial charge in [-0.2, -0.15) is 0 Å². The zero-order valence-electron chi connectivity index (χ0n) is 16.2. The van der Waals surface area contributed by atoms with Gasteiger partial charge in [-0.15, -0.1) is 11.3 Å². The summed E-state index contributed by atoms with van der Waals surface area (Å²) in [5.41, 5.74) is 1.39. The van der Waals surface area contributed by atoms with Gasteiger partial charge < -0.3 is 19.9 Å². The van der Waals surface area contributed by atoms with Crippen molar-refractivity contribution in [3.63, 3.8) is 0 Å². The van der Waals surface area contributed by atoms with E-state index in [1.54, 1.807) is 6.20 Å². The Morgan fingerprint density at radius 1 is 1.14 bits per heavy atom. The fraction of sp³-hybridized carbons (Fsp3) is 0.286.